The van der Waals surface area contributed by atoms with Crippen molar-refractivity contribution in [3.05, 3.63) is 35.4 Å². The van der Waals surface area contributed by atoms with Crippen molar-refractivity contribution >= 4 is 0 Å². The molecule has 1 aromatic carbocycles. The molecule has 20 heavy (non-hydrogen) atoms. The number of rotatable bonds is 3. The fourth-order valence-corrected chi connectivity index (χ4v) is 3.08. The molecule has 5 heteroatoms. The minimum absolute atomic E-state index is 0.0000463. The van der Waals surface area contributed by atoms with E-state index in [2.05, 4.69) is 4.90 Å². The van der Waals surface area contributed by atoms with Gasteiger partial charge in [-0.1, -0.05) is 18.2 Å². The fourth-order valence-electron chi connectivity index (χ4n) is 3.08. The van der Waals surface area contributed by atoms with Gasteiger partial charge in [0.05, 0.1) is 5.56 Å². The second kappa shape index (κ2) is 6.14. The summed E-state index contributed by atoms with van der Waals surface area (Å²) in [5, 5.41) is 0. The van der Waals surface area contributed by atoms with E-state index < -0.39 is 11.7 Å². The first kappa shape index (κ1) is 15.3. The molecule has 0 aromatic heterocycles. The third-order valence-electron chi connectivity index (χ3n) is 4.13. The number of halogens is 3. The van der Waals surface area contributed by atoms with E-state index in [0.717, 1.165) is 32.0 Å². The van der Waals surface area contributed by atoms with Gasteiger partial charge in [0.2, 0.25) is 0 Å². The van der Waals surface area contributed by atoms with E-state index in [0.29, 0.717) is 18.0 Å². The smallest absolute Gasteiger partial charge is 0.330 e. The van der Waals surface area contributed by atoms with Gasteiger partial charge >= 0.3 is 6.18 Å². The maximum atomic E-state index is 12.8. The van der Waals surface area contributed by atoms with E-state index in [1.54, 1.807) is 6.07 Å². The Labute approximate surface area is 117 Å². The summed E-state index contributed by atoms with van der Waals surface area (Å²) in [6.07, 6.45) is -2.18. The Morgan fingerprint density at radius 2 is 2.15 bits per heavy atom. The molecule has 1 aliphatic rings. The fraction of sp³-hybridized carbons (Fsp3) is 0.600. The van der Waals surface area contributed by atoms with Gasteiger partial charge in [-0.3, -0.25) is 0 Å². The zero-order valence-corrected chi connectivity index (χ0v) is 11.7. The largest absolute Gasteiger partial charge is 0.416 e. The monoisotopic (exact) mass is 286 g/mol. The Bertz CT molecular complexity index is 445. The molecule has 0 bridgehead atoms. The lowest BCUT2D eigenvalue weighted by Crippen LogP contribution is -2.37. The van der Waals surface area contributed by atoms with Gasteiger partial charge < -0.3 is 10.6 Å². The van der Waals surface area contributed by atoms with Crippen molar-refractivity contribution in [2.24, 2.45) is 11.7 Å². The highest BCUT2D eigenvalue weighted by Crippen LogP contribution is 2.35. The number of hydrogen-bond acceptors (Lipinski definition) is 2. The van der Waals surface area contributed by atoms with Crippen molar-refractivity contribution in [3.63, 3.8) is 0 Å². The van der Waals surface area contributed by atoms with Gasteiger partial charge in [-0.15, -0.1) is 0 Å². The van der Waals surface area contributed by atoms with Crippen LogP contribution in [0.15, 0.2) is 24.3 Å². The molecule has 2 nitrogen and oxygen atoms in total. The number of hydrogen-bond donors (Lipinski definition) is 1. The minimum atomic E-state index is -4.29. The lowest BCUT2D eigenvalue weighted by Gasteiger charge is -2.35. The van der Waals surface area contributed by atoms with E-state index in [9.17, 15) is 13.2 Å². The summed E-state index contributed by atoms with van der Waals surface area (Å²) in [6, 6.07) is 5.62. The summed E-state index contributed by atoms with van der Waals surface area (Å²) >= 11 is 0. The molecule has 2 N–H and O–H groups in total. The van der Waals surface area contributed by atoms with E-state index in [4.69, 9.17) is 5.73 Å². The van der Waals surface area contributed by atoms with Crippen LogP contribution in [0, 0.1) is 5.92 Å². The Kier molecular flexibility index (Phi) is 4.70. The highest BCUT2D eigenvalue weighted by atomic mass is 19.4. The summed E-state index contributed by atoms with van der Waals surface area (Å²) in [5.41, 5.74) is 5.97. The third-order valence-corrected chi connectivity index (χ3v) is 4.13. The van der Waals surface area contributed by atoms with E-state index >= 15 is 0 Å². The van der Waals surface area contributed by atoms with Crippen molar-refractivity contribution in [3.8, 4) is 0 Å². The van der Waals surface area contributed by atoms with Gasteiger partial charge in [-0.25, -0.2) is 0 Å². The van der Waals surface area contributed by atoms with Crippen LogP contribution >= 0.6 is 0 Å². The van der Waals surface area contributed by atoms with Crippen molar-refractivity contribution < 1.29 is 13.2 Å². The average Bonchev–Trinajstić information content (AvgIpc) is 2.39. The van der Waals surface area contributed by atoms with Crippen molar-refractivity contribution in [1.29, 1.82) is 0 Å². The SMILES string of the molecule is CN1CCCC(C(CN)c2cccc(C(F)(F)F)c2)C1. The van der Waals surface area contributed by atoms with E-state index in [-0.39, 0.29) is 5.92 Å². The Hall–Kier alpha value is -1.07. The van der Waals surface area contributed by atoms with Crippen LogP contribution in [0.25, 0.3) is 0 Å². The zero-order chi connectivity index (χ0) is 14.8. The van der Waals surface area contributed by atoms with Gasteiger partial charge in [0, 0.05) is 12.5 Å². The molecule has 2 rings (SSSR count). The van der Waals surface area contributed by atoms with Crippen LogP contribution in [0.2, 0.25) is 0 Å². The van der Waals surface area contributed by atoms with Crippen LogP contribution in [-0.2, 0) is 6.18 Å². The lowest BCUT2D eigenvalue weighted by molar-refractivity contribution is -0.137. The summed E-state index contributed by atoms with van der Waals surface area (Å²) in [7, 11) is 2.05. The number of nitrogens with zero attached hydrogens (tertiary/aromatic N) is 1. The van der Waals surface area contributed by atoms with Crippen molar-refractivity contribution in [2.45, 2.75) is 24.9 Å². The van der Waals surface area contributed by atoms with Crippen LogP contribution in [0.3, 0.4) is 0 Å². The Balaban J connectivity index is 2.23. The standard InChI is InChI=1S/C15H21F3N2/c1-20-7-3-5-12(10-20)14(9-19)11-4-2-6-13(8-11)15(16,17)18/h2,4,6,8,12,14H,3,5,7,9-10,19H2,1H3. The third kappa shape index (κ3) is 3.52. The van der Waals surface area contributed by atoms with E-state index in [1.165, 1.54) is 12.1 Å². The van der Waals surface area contributed by atoms with E-state index in [1.807, 2.05) is 7.05 Å². The first-order valence-electron chi connectivity index (χ1n) is 6.97. The Morgan fingerprint density at radius 1 is 1.40 bits per heavy atom. The van der Waals surface area contributed by atoms with Gasteiger partial charge in [0.25, 0.3) is 0 Å². The van der Waals surface area contributed by atoms with Crippen LogP contribution in [0.1, 0.15) is 29.9 Å². The van der Waals surface area contributed by atoms with Crippen LogP contribution in [0.5, 0.6) is 0 Å². The molecule has 0 amide bonds. The first-order chi connectivity index (χ1) is 9.41. The number of nitrogens with two attached hydrogens (primary N) is 1. The van der Waals surface area contributed by atoms with Gasteiger partial charge in [-0.2, -0.15) is 13.2 Å². The topological polar surface area (TPSA) is 29.3 Å². The highest BCUT2D eigenvalue weighted by molar-refractivity contribution is 5.29. The summed E-state index contributed by atoms with van der Waals surface area (Å²) in [6.45, 7) is 2.34. The number of benzene rings is 1. The molecule has 112 valence electrons. The molecular formula is C15H21F3N2. The highest BCUT2D eigenvalue weighted by Gasteiger charge is 2.32. The molecule has 1 heterocycles. The van der Waals surface area contributed by atoms with Gasteiger partial charge in [0.15, 0.2) is 0 Å². The molecule has 0 radical (unpaired) electrons. The molecule has 1 aromatic rings. The molecular weight excluding hydrogens is 265 g/mol. The molecule has 1 aliphatic heterocycles. The number of likely N-dealkylation sites (tertiary alicyclic amines) is 1. The minimum Gasteiger partial charge on any atom is -0.330 e. The predicted molar refractivity (Wildman–Crippen MR) is 73.5 cm³/mol. The maximum absolute atomic E-state index is 12.8. The lowest BCUT2D eigenvalue weighted by atomic mass is 9.80. The second-order valence-electron chi connectivity index (χ2n) is 5.63. The second-order valence-corrected chi connectivity index (χ2v) is 5.63. The number of alkyl halides is 3. The Morgan fingerprint density at radius 3 is 2.75 bits per heavy atom. The van der Waals surface area contributed by atoms with Crippen molar-refractivity contribution in [2.75, 3.05) is 26.7 Å². The first-order valence-corrected chi connectivity index (χ1v) is 6.97. The average molecular weight is 286 g/mol. The maximum Gasteiger partial charge on any atom is 0.416 e. The normalized spacial score (nSPS) is 22.8. The molecule has 0 aliphatic carbocycles. The van der Waals surface area contributed by atoms with Crippen LogP contribution in [0.4, 0.5) is 13.2 Å². The molecule has 1 fully saturated rings. The predicted octanol–water partition coefficient (Wildman–Crippen LogP) is 3.09. The van der Waals surface area contributed by atoms with Crippen LogP contribution in [-0.4, -0.2) is 31.6 Å². The summed E-state index contributed by atoms with van der Waals surface area (Å²) in [5.74, 6) is 0.335. The molecule has 0 spiro atoms. The van der Waals surface area contributed by atoms with Gasteiger partial charge in [0.1, 0.15) is 0 Å². The zero-order valence-electron chi connectivity index (χ0n) is 11.7. The molecule has 0 saturated carbocycles. The molecule has 2 unspecified atom stereocenters. The quantitative estimate of drug-likeness (QED) is 0.925. The summed E-state index contributed by atoms with van der Waals surface area (Å²) in [4.78, 5) is 2.23. The number of piperidine rings is 1. The summed E-state index contributed by atoms with van der Waals surface area (Å²) < 4.78 is 38.4. The molecule has 1 saturated heterocycles. The molecule has 2 atom stereocenters. The van der Waals surface area contributed by atoms with Crippen LogP contribution < -0.4 is 5.73 Å². The van der Waals surface area contributed by atoms with Gasteiger partial charge in [-0.05, 0) is 50.5 Å². The van der Waals surface area contributed by atoms with Crippen molar-refractivity contribution in [1.82, 2.24) is 4.90 Å².